The molecule has 1 nitrogen and oxygen atoms in total. The van der Waals surface area contributed by atoms with Crippen LogP contribution in [0.4, 0.5) is 0 Å². The summed E-state index contributed by atoms with van der Waals surface area (Å²) in [5.74, 6) is -1.66. The highest BCUT2D eigenvalue weighted by Gasteiger charge is 2.43. The van der Waals surface area contributed by atoms with E-state index in [1.54, 1.807) is 0 Å². The predicted molar refractivity (Wildman–Crippen MR) is 118 cm³/mol. The van der Waals surface area contributed by atoms with Gasteiger partial charge in [0, 0.05) is 12.0 Å². The average molecular weight is 426 g/mol. The number of carbonyl (C=O) groups is 1. The maximum absolute atomic E-state index is 12.3. The molecule has 0 N–H and O–H groups in total. The van der Waals surface area contributed by atoms with Crippen LogP contribution in [-0.2, 0) is 0 Å². The monoisotopic (exact) mass is 425 g/mol. The minimum Gasteiger partial charge on any atom is -0.294 e. The van der Waals surface area contributed by atoms with Gasteiger partial charge in [0.1, 0.15) is 15.9 Å². The second-order valence-electron chi connectivity index (χ2n) is 6.33. The van der Waals surface area contributed by atoms with Crippen LogP contribution in [0.25, 0.3) is 0 Å². The molecule has 3 heteroatoms. The van der Waals surface area contributed by atoms with Gasteiger partial charge in [-0.3, -0.25) is 4.79 Å². The third kappa shape index (κ3) is 3.98. The van der Waals surface area contributed by atoms with Crippen molar-refractivity contribution in [1.29, 1.82) is 0 Å². The van der Waals surface area contributed by atoms with E-state index in [9.17, 15) is 4.79 Å². The first-order valence-electron chi connectivity index (χ1n) is 9.00. The van der Waals surface area contributed by atoms with Gasteiger partial charge in [0.15, 0.2) is 27.2 Å². The quantitative estimate of drug-likeness (QED) is 0.352. The summed E-state index contributed by atoms with van der Waals surface area (Å²) in [4.78, 5) is 12.3. The zero-order chi connectivity index (χ0) is 18.4. The van der Waals surface area contributed by atoms with Gasteiger partial charge in [-0.15, -0.1) is 0 Å². The summed E-state index contributed by atoms with van der Waals surface area (Å²) in [5, 5.41) is 3.77. The number of halogens is 1. The van der Waals surface area contributed by atoms with E-state index in [0.29, 0.717) is 6.42 Å². The molecule has 3 aromatic rings. The molecule has 0 radical (unpaired) electrons. The van der Waals surface area contributed by atoms with E-state index in [1.807, 2.05) is 24.3 Å². The largest absolute Gasteiger partial charge is 0.294 e. The molecule has 0 atom stereocenters. The molecule has 0 fully saturated rings. The molecule has 3 aromatic carbocycles. The van der Waals surface area contributed by atoms with E-state index in [1.165, 1.54) is 15.9 Å². The molecule has 0 unspecified atom stereocenters. The van der Waals surface area contributed by atoms with E-state index in [2.05, 4.69) is 83.1 Å². The molecular weight excluding hydrogens is 403 g/mol. The molecule has 3 rings (SSSR count). The van der Waals surface area contributed by atoms with Crippen LogP contribution in [-0.4, -0.2) is 5.78 Å². The second kappa shape index (κ2) is 8.75. The first-order chi connectivity index (χ1) is 12.7. The summed E-state index contributed by atoms with van der Waals surface area (Å²) in [6.07, 6.45) is 2.62. The fraction of sp³-hybridized carbons (Fsp3) is 0.174. The fourth-order valence-electron chi connectivity index (χ4n) is 3.05. The maximum Gasteiger partial charge on any atom is 0.181 e. The zero-order valence-electron chi connectivity index (χ0n) is 14.9. The van der Waals surface area contributed by atoms with Crippen LogP contribution in [0, 0.1) is 0 Å². The first kappa shape index (κ1) is 19.0. The van der Waals surface area contributed by atoms with Crippen LogP contribution in [0.5, 0.6) is 0 Å². The van der Waals surface area contributed by atoms with Crippen LogP contribution in [0.1, 0.15) is 36.5 Å². The third-order valence-corrected chi connectivity index (χ3v) is 11.2. The third-order valence-electron chi connectivity index (χ3n) is 4.53. The normalized spacial score (nSPS) is 11.3. The number of unbranched alkanes of at least 4 members (excludes halogenated alkanes) is 1. The van der Waals surface area contributed by atoms with Crippen molar-refractivity contribution in [2.24, 2.45) is 0 Å². The van der Waals surface area contributed by atoms with Gasteiger partial charge in [-0.05, 0) is 55.0 Å². The molecule has 0 saturated carbocycles. The Morgan fingerprint density at radius 2 is 1.23 bits per heavy atom. The Morgan fingerprint density at radius 1 is 0.769 bits per heavy atom. The highest BCUT2D eigenvalue weighted by atomic mass is 79.9. The molecule has 0 heterocycles. The Balaban J connectivity index is 2.02. The molecule has 26 heavy (non-hydrogen) atoms. The Morgan fingerprint density at radius 3 is 1.69 bits per heavy atom. The van der Waals surface area contributed by atoms with E-state index in [0.717, 1.165) is 18.4 Å². The molecule has 0 aromatic heterocycles. The number of hydrogen-bond donors (Lipinski definition) is 0. The van der Waals surface area contributed by atoms with Gasteiger partial charge < -0.3 is 0 Å². The minimum atomic E-state index is -1.90. The Hall–Kier alpha value is -1.76. The van der Waals surface area contributed by atoms with Crippen LogP contribution in [0.2, 0.25) is 0 Å². The van der Waals surface area contributed by atoms with Crippen molar-refractivity contribution >= 4 is 43.2 Å². The van der Waals surface area contributed by atoms with Crippen molar-refractivity contribution < 1.29 is 4.79 Å². The summed E-state index contributed by atoms with van der Waals surface area (Å²) < 4.78 is 0. The Labute approximate surface area is 164 Å². The van der Waals surface area contributed by atoms with Gasteiger partial charge >= 0.3 is 0 Å². The van der Waals surface area contributed by atoms with Crippen LogP contribution in [0.15, 0.2) is 84.9 Å². The van der Waals surface area contributed by atoms with Gasteiger partial charge in [-0.25, -0.2) is 0 Å². The van der Waals surface area contributed by atoms with Gasteiger partial charge in [-0.2, -0.15) is 0 Å². The average Bonchev–Trinajstić information content (AvgIpc) is 2.73. The molecular formula is C23H23BrOP+. The lowest BCUT2D eigenvalue weighted by Crippen LogP contribution is -2.26. The SMILES string of the molecule is CCCCC(=O)c1ccc([P+](Br)(c2ccccc2)c2ccccc2)cc1. The van der Waals surface area contributed by atoms with Crippen molar-refractivity contribution in [3.8, 4) is 0 Å². The van der Waals surface area contributed by atoms with Crippen molar-refractivity contribution in [2.75, 3.05) is 0 Å². The van der Waals surface area contributed by atoms with E-state index >= 15 is 0 Å². The van der Waals surface area contributed by atoms with Crippen molar-refractivity contribution in [2.45, 2.75) is 26.2 Å². The highest BCUT2D eigenvalue weighted by molar-refractivity contribution is 9.44. The van der Waals surface area contributed by atoms with Gasteiger partial charge in [0.05, 0.1) is 0 Å². The maximum atomic E-state index is 12.3. The smallest absolute Gasteiger partial charge is 0.181 e. The molecule has 0 bridgehead atoms. The number of Topliss-reactive ketones (excluding diaryl/α,β-unsaturated/α-hetero) is 1. The summed E-state index contributed by atoms with van der Waals surface area (Å²) in [6, 6.07) is 29.3. The number of ketones is 1. The lowest BCUT2D eigenvalue weighted by atomic mass is 10.1. The van der Waals surface area contributed by atoms with Gasteiger partial charge in [0.25, 0.3) is 0 Å². The lowest BCUT2D eigenvalue weighted by molar-refractivity contribution is 0.0980. The zero-order valence-corrected chi connectivity index (χ0v) is 17.4. The summed E-state index contributed by atoms with van der Waals surface area (Å²) >= 11 is 4.14. The number of hydrogen-bond acceptors (Lipinski definition) is 1. The summed E-state index contributed by atoms with van der Waals surface area (Å²) in [6.45, 7) is 2.11. The van der Waals surface area contributed by atoms with Gasteiger partial charge in [-0.1, -0.05) is 49.7 Å². The molecule has 0 aliphatic rings. The molecule has 0 amide bonds. The van der Waals surface area contributed by atoms with Crippen molar-refractivity contribution in [3.63, 3.8) is 0 Å². The van der Waals surface area contributed by atoms with Crippen molar-refractivity contribution in [1.82, 2.24) is 0 Å². The standard InChI is InChI=1S/C23H23BrOP/c1-2-3-14-23(25)19-15-17-22(18-16-19)26(24,20-10-6-4-7-11-20)21-12-8-5-9-13-21/h4-13,15-18H,2-3,14H2,1H3/q+1. The highest BCUT2D eigenvalue weighted by Crippen LogP contribution is 2.62. The molecule has 0 aliphatic heterocycles. The second-order valence-corrected chi connectivity index (χ2v) is 12.3. The fourth-order valence-corrected chi connectivity index (χ4v) is 7.80. The van der Waals surface area contributed by atoms with Crippen LogP contribution >= 0.6 is 21.5 Å². The minimum absolute atomic E-state index is 0.233. The lowest BCUT2D eigenvalue weighted by Gasteiger charge is -2.20. The number of carbonyl (C=O) groups excluding carboxylic acids is 1. The molecule has 132 valence electrons. The topological polar surface area (TPSA) is 17.1 Å². The predicted octanol–water partition coefficient (Wildman–Crippen LogP) is 5.66. The Bertz CT molecular complexity index is 805. The molecule has 0 saturated heterocycles. The van der Waals surface area contributed by atoms with E-state index < -0.39 is 5.96 Å². The Kier molecular flexibility index (Phi) is 6.40. The number of benzene rings is 3. The molecule has 0 spiro atoms. The summed E-state index contributed by atoms with van der Waals surface area (Å²) in [7, 11) is 0. The first-order valence-corrected chi connectivity index (χ1v) is 12.8. The number of rotatable bonds is 7. The van der Waals surface area contributed by atoms with Crippen molar-refractivity contribution in [3.05, 3.63) is 90.5 Å². The van der Waals surface area contributed by atoms with E-state index in [4.69, 9.17) is 0 Å². The molecule has 0 aliphatic carbocycles. The van der Waals surface area contributed by atoms with Gasteiger partial charge in [0.2, 0.25) is 0 Å². The summed E-state index contributed by atoms with van der Waals surface area (Å²) in [5.41, 5.74) is 0.808. The van der Waals surface area contributed by atoms with Crippen LogP contribution in [0.3, 0.4) is 0 Å². The van der Waals surface area contributed by atoms with E-state index in [-0.39, 0.29) is 5.78 Å². The van der Waals surface area contributed by atoms with Crippen LogP contribution < -0.4 is 15.9 Å².